The maximum atomic E-state index is 12.5. The molecule has 0 aromatic carbocycles. The Labute approximate surface area is 92.8 Å². The van der Waals surface area contributed by atoms with E-state index in [0.717, 1.165) is 7.11 Å². The van der Waals surface area contributed by atoms with Crippen LogP contribution < -0.4 is 4.74 Å². The number of hydrogen-bond acceptors (Lipinski definition) is 5. The Morgan fingerprint density at radius 3 is 2.59 bits per heavy atom. The van der Waals surface area contributed by atoms with E-state index in [-0.39, 0.29) is 0 Å². The van der Waals surface area contributed by atoms with E-state index in [0.29, 0.717) is 6.07 Å². The largest absolute Gasteiger partial charge is 0.477 e. The van der Waals surface area contributed by atoms with Gasteiger partial charge >= 0.3 is 17.7 Å². The molecule has 7 nitrogen and oxygen atoms in total. The van der Waals surface area contributed by atoms with Gasteiger partial charge in [-0.2, -0.15) is 0 Å². The van der Waals surface area contributed by atoms with Crippen molar-refractivity contribution in [2.45, 2.75) is 6.43 Å². The number of alkyl halides is 2. The summed E-state index contributed by atoms with van der Waals surface area (Å²) in [5, 5.41) is 19.2. The Balaban J connectivity index is 3.53. The monoisotopic (exact) mass is 248 g/mol. The lowest BCUT2D eigenvalue weighted by Gasteiger charge is -2.04. The molecule has 92 valence electrons. The minimum atomic E-state index is -3.20. The summed E-state index contributed by atoms with van der Waals surface area (Å²) in [6.45, 7) is 0. The third-order valence-electron chi connectivity index (χ3n) is 1.83. The van der Waals surface area contributed by atoms with Crippen molar-refractivity contribution in [3.63, 3.8) is 0 Å². The van der Waals surface area contributed by atoms with Gasteiger partial charge in [0.05, 0.1) is 7.11 Å². The van der Waals surface area contributed by atoms with E-state index >= 15 is 0 Å². The minimum Gasteiger partial charge on any atom is -0.477 e. The zero-order chi connectivity index (χ0) is 13.2. The number of nitro groups is 1. The zero-order valence-corrected chi connectivity index (χ0v) is 8.39. The van der Waals surface area contributed by atoms with Crippen molar-refractivity contribution in [2.24, 2.45) is 0 Å². The van der Waals surface area contributed by atoms with E-state index in [1.165, 1.54) is 0 Å². The Bertz CT molecular complexity index is 477. The van der Waals surface area contributed by atoms with Crippen LogP contribution in [0.1, 0.15) is 22.3 Å². The maximum absolute atomic E-state index is 12.5. The Kier molecular flexibility index (Phi) is 3.51. The number of aromatic carboxylic acids is 1. The van der Waals surface area contributed by atoms with Crippen molar-refractivity contribution in [1.29, 1.82) is 0 Å². The molecule has 0 saturated carbocycles. The Hall–Kier alpha value is -2.32. The van der Waals surface area contributed by atoms with Gasteiger partial charge in [0.15, 0.2) is 0 Å². The summed E-state index contributed by atoms with van der Waals surface area (Å²) >= 11 is 0. The number of methoxy groups -OCH3 is 1. The predicted octanol–water partition coefficient (Wildman–Crippen LogP) is 1.63. The molecule has 0 bridgehead atoms. The Morgan fingerprint density at radius 1 is 1.65 bits per heavy atom. The van der Waals surface area contributed by atoms with E-state index in [9.17, 15) is 23.7 Å². The molecule has 0 radical (unpaired) electrons. The molecule has 0 fully saturated rings. The van der Waals surface area contributed by atoms with Crippen LogP contribution >= 0.6 is 0 Å². The van der Waals surface area contributed by atoms with Crippen LogP contribution in [0.4, 0.5) is 14.6 Å². The van der Waals surface area contributed by atoms with Gasteiger partial charge < -0.3 is 20.0 Å². The first-order valence-electron chi connectivity index (χ1n) is 4.13. The van der Waals surface area contributed by atoms with E-state index in [2.05, 4.69) is 9.72 Å². The van der Waals surface area contributed by atoms with E-state index < -0.39 is 40.1 Å². The third-order valence-corrected chi connectivity index (χ3v) is 1.83. The van der Waals surface area contributed by atoms with Gasteiger partial charge in [-0.15, -0.1) is 0 Å². The molecule has 1 rings (SSSR count). The summed E-state index contributed by atoms with van der Waals surface area (Å²) in [4.78, 5) is 23.2. The van der Waals surface area contributed by atoms with Crippen LogP contribution in [0.15, 0.2) is 6.07 Å². The van der Waals surface area contributed by atoms with Gasteiger partial charge in [-0.3, -0.25) is 0 Å². The van der Waals surface area contributed by atoms with Crippen molar-refractivity contribution in [3.8, 4) is 5.88 Å². The molecule has 9 heteroatoms. The van der Waals surface area contributed by atoms with Crippen molar-refractivity contribution < 1.29 is 28.3 Å². The molecule has 0 aliphatic rings. The number of halogens is 2. The van der Waals surface area contributed by atoms with Crippen LogP contribution in [0.2, 0.25) is 0 Å². The quantitative estimate of drug-likeness (QED) is 0.641. The third kappa shape index (κ3) is 2.44. The molecule has 0 aliphatic heterocycles. The van der Waals surface area contributed by atoms with Crippen molar-refractivity contribution in [3.05, 3.63) is 27.3 Å². The predicted molar refractivity (Wildman–Crippen MR) is 49.4 cm³/mol. The lowest BCUT2D eigenvalue weighted by atomic mass is 10.2. The van der Waals surface area contributed by atoms with Gasteiger partial charge in [-0.1, -0.05) is 0 Å². The number of carboxylic acid groups (broad SMARTS) is 1. The van der Waals surface area contributed by atoms with E-state index in [1.807, 2.05) is 0 Å². The second kappa shape index (κ2) is 4.68. The number of carboxylic acids is 1. The highest BCUT2D eigenvalue weighted by molar-refractivity contribution is 5.90. The summed E-state index contributed by atoms with van der Waals surface area (Å²) in [5.41, 5.74) is -1.72. The maximum Gasteiger partial charge on any atom is 0.376 e. The van der Waals surface area contributed by atoms with Crippen LogP contribution in [-0.2, 0) is 0 Å². The summed E-state index contributed by atoms with van der Waals surface area (Å²) in [7, 11) is 1.03. The first-order chi connectivity index (χ1) is 7.88. The second-order valence-corrected chi connectivity index (χ2v) is 2.82. The van der Waals surface area contributed by atoms with Gasteiger partial charge in [0.1, 0.15) is 11.1 Å². The molecule has 1 heterocycles. The van der Waals surface area contributed by atoms with E-state index in [1.54, 1.807) is 0 Å². The van der Waals surface area contributed by atoms with Gasteiger partial charge in [0.2, 0.25) is 0 Å². The van der Waals surface area contributed by atoms with Crippen LogP contribution in [0.25, 0.3) is 0 Å². The molecule has 0 saturated heterocycles. The highest BCUT2D eigenvalue weighted by Crippen LogP contribution is 2.31. The molecule has 1 aromatic rings. The molecule has 0 atom stereocenters. The lowest BCUT2D eigenvalue weighted by Crippen LogP contribution is -2.08. The molecule has 0 spiro atoms. The lowest BCUT2D eigenvalue weighted by molar-refractivity contribution is -0.391. The smallest absolute Gasteiger partial charge is 0.376 e. The first kappa shape index (κ1) is 12.7. The van der Waals surface area contributed by atoms with Crippen LogP contribution in [0.3, 0.4) is 0 Å². The standard InChI is InChI=1S/C8H6F2N2O5/c1-17-7-4(8(13)14)2-3(5(9)10)6(11-7)12(15)16/h2,5H,1H3,(H,13,14). The fourth-order valence-corrected chi connectivity index (χ4v) is 1.12. The number of nitrogens with zero attached hydrogens (tertiary/aromatic N) is 2. The molecule has 0 aliphatic carbocycles. The topological polar surface area (TPSA) is 103 Å². The summed E-state index contributed by atoms with van der Waals surface area (Å²) in [6.07, 6.45) is -3.20. The van der Waals surface area contributed by atoms with Crippen molar-refractivity contribution >= 4 is 11.8 Å². The molecule has 17 heavy (non-hydrogen) atoms. The number of pyridine rings is 1. The summed E-state index contributed by atoms with van der Waals surface area (Å²) in [6, 6.07) is 0.483. The fraction of sp³-hybridized carbons (Fsp3) is 0.250. The van der Waals surface area contributed by atoms with Crippen molar-refractivity contribution in [1.82, 2.24) is 4.98 Å². The van der Waals surface area contributed by atoms with Crippen LogP contribution in [0.5, 0.6) is 5.88 Å². The van der Waals surface area contributed by atoms with Gasteiger partial charge in [-0.05, 0) is 11.0 Å². The summed E-state index contributed by atoms with van der Waals surface area (Å²) < 4.78 is 29.5. The number of ether oxygens (including phenoxy) is 1. The van der Waals surface area contributed by atoms with Gasteiger partial charge in [-0.25, -0.2) is 13.6 Å². The number of carbonyl (C=O) groups is 1. The fourth-order valence-electron chi connectivity index (χ4n) is 1.12. The molecular weight excluding hydrogens is 242 g/mol. The first-order valence-corrected chi connectivity index (χ1v) is 4.13. The number of rotatable bonds is 4. The molecule has 1 N–H and O–H groups in total. The summed E-state index contributed by atoms with van der Waals surface area (Å²) in [5.74, 6) is -3.28. The highest BCUT2D eigenvalue weighted by atomic mass is 19.3. The van der Waals surface area contributed by atoms with Crippen LogP contribution in [-0.4, -0.2) is 28.1 Å². The van der Waals surface area contributed by atoms with E-state index in [4.69, 9.17) is 5.11 Å². The number of aromatic nitrogens is 1. The zero-order valence-electron chi connectivity index (χ0n) is 8.39. The average molecular weight is 248 g/mol. The van der Waals surface area contributed by atoms with Crippen molar-refractivity contribution in [2.75, 3.05) is 7.11 Å². The minimum absolute atomic E-state index is 0.483. The average Bonchev–Trinajstić information content (AvgIpc) is 2.26. The Morgan fingerprint density at radius 2 is 2.24 bits per heavy atom. The number of hydrogen-bond donors (Lipinski definition) is 1. The molecule has 0 unspecified atom stereocenters. The second-order valence-electron chi connectivity index (χ2n) is 2.82. The van der Waals surface area contributed by atoms with Gasteiger partial charge in [0.25, 0.3) is 6.43 Å². The molecule has 0 amide bonds. The SMILES string of the molecule is COc1nc([N+](=O)[O-])c(C(F)F)cc1C(=O)O. The molecule has 1 aromatic heterocycles. The highest BCUT2D eigenvalue weighted by Gasteiger charge is 2.30. The van der Waals surface area contributed by atoms with Gasteiger partial charge in [0, 0.05) is 4.98 Å². The normalized spacial score (nSPS) is 10.4. The molecular formula is C8H6F2N2O5. The van der Waals surface area contributed by atoms with Crippen LogP contribution in [0, 0.1) is 10.1 Å².